The largest absolute Gasteiger partial charge is 0.458 e. The van der Waals surface area contributed by atoms with E-state index in [1.54, 1.807) is 25.4 Å². The maximum atomic E-state index is 8.58. The molecule has 1 aromatic rings. The summed E-state index contributed by atoms with van der Waals surface area (Å²) in [5.74, 6) is 1.24. The van der Waals surface area contributed by atoms with Gasteiger partial charge >= 0.3 is 0 Å². The van der Waals surface area contributed by atoms with E-state index in [0.717, 1.165) is 0 Å². The fourth-order valence-corrected chi connectivity index (χ4v) is 0.676. The van der Waals surface area contributed by atoms with Crippen LogP contribution in [0.15, 0.2) is 21.5 Å². The summed E-state index contributed by atoms with van der Waals surface area (Å²) in [5, 5.41) is 8.58. The van der Waals surface area contributed by atoms with Gasteiger partial charge in [0.25, 0.3) is 0 Å². The molecule has 0 amide bonds. The number of aliphatic hydroxyl groups excluding tert-OH is 1. The van der Waals surface area contributed by atoms with E-state index in [4.69, 9.17) is 9.52 Å². The Bertz CT molecular complexity index is 227. The zero-order valence-electron chi connectivity index (χ0n) is 5.74. The van der Waals surface area contributed by atoms with Crippen LogP contribution < -0.4 is 0 Å². The first-order valence-corrected chi connectivity index (χ1v) is 2.98. The Morgan fingerprint density at radius 1 is 1.70 bits per heavy atom. The molecule has 1 aromatic heterocycles. The molecule has 1 rings (SSSR count). The molecule has 0 atom stereocenters. The Labute approximate surface area is 59.0 Å². The highest BCUT2D eigenvalue weighted by Crippen LogP contribution is 2.04. The summed E-state index contributed by atoms with van der Waals surface area (Å²) in [6.45, 7) is -0.0580. The molecule has 0 saturated heterocycles. The maximum Gasteiger partial charge on any atom is 0.144 e. The molecule has 0 fully saturated rings. The smallest absolute Gasteiger partial charge is 0.144 e. The van der Waals surface area contributed by atoms with Crippen molar-refractivity contribution in [2.24, 2.45) is 4.99 Å². The van der Waals surface area contributed by atoms with Crippen LogP contribution in [-0.4, -0.2) is 18.4 Å². The number of aliphatic hydroxyl groups is 1. The van der Waals surface area contributed by atoms with Crippen molar-refractivity contribution in [1.82, 2.24) is 0 Å². The second kappa shape index (κ2) is 3.17. The Hall–Kier alpha value is -1.09. The monoisotopic (exact) mass is 139 g/mol. The van der Waals surface area contributed by atoms with E-state index in [9.17, 15) is 0 Å². The highest BCUT2D eigenvalue weighted by atomic mass is 16.4. The van der Waals surface area contributed by atoms with E-state index < -0.39 is 0 Å². The Balaban J connectivity index is 2.78. The first kappa shape index (κ1) is 7.02. The molecule has 0 aromatic carbocycles. The molecular formula is C7H9NO2. The normalized spacial score (nSPS) is 11.0. The second-order valence-corrected chi connectivity index (χ2v) is 1.85. The molecule has 10 heavy (non-hydrogen) atoms. The lowest BCUT2D eigenvalue weighted by molar-refractivity contribution is 0.247. The molecule has 3 nitrogen and oxygen atoms in total. The molecule has 0 radical (unpaired) electrons. The van der Waals surface area contributed by atoms with Crippen molar-refractivity contribution in [2.75, 3.05) is 7.05 Å². The topological polar surface area (TPSA) is 45.7 Å². The number of hydrogen-bond acceptors (Lipinski definition) is 3. The van der Waals surface area contributed by atoms with Gasteiger partial charge in [-0.1, -0.05) is 0 Å². The minimum atomic E-state index is -0.0580. The summed E-state index contributed by atoms with van der Waals surface area (Å²) in [6.07, 6.45) is 1.60. The van der Waals surface area contributed by atoms with E-state index >= 15 is 0 Å². The third-order valence-electron chi connectivity index (χ3n) is 1.09. The Morgan fingerprint density at radius 2 is 2.50 bits per heavy atom. The third-order valence-corrected chi connectivity index (χ3v) is 1.09. The van der Waals surface area contributed by atoms with Gasteiger partial charge in [0.2, 0.25) is 0 Å². The Kier molecular flexibility index (Phi) is 2.23. The number of nitrogens with zero attached hydrogens (tertiary/aromatic N) is 1. The van der Waals surface area contributed by atoms with Crippen molar-refractivity contribution in [3.05, 3.63) is 23.7 Å². The van der Waals surface area contributed by atoms with Crippen LogP contribution in [0, 0.1) is 0 Å². The SMILES string of the molecule is CN=Cc1ccc(CO)o1. The molecule has 3 heteroatoms. The van der Waals surface area contributed by atoms with Crippen LogP contribution in [0.1, 0.15) is 11.5 Å². The Morgan fingerprint density at radius 3 is 3.00 bits per heavy atom. The van der Waals surface area contributed by atoms with Crippen LogP contribution in [0.5, 0.6) is 0 Å². The van der Waals surface area contributed by atoms with Gasteiger partial charge in [0.1, 0.15) is 18.1 Å². The van der Waals surface area contributed by atoms with Crippen molar-refractivity contribution < 1.29 is 9.52 Å². The first-order valence-electron chi connectivity index (χ1n) is 2.98. The lowest BCUT2D eigenvalue weighted by Gasteiger charge is -1.84. The standard InChI is InChI=1S/C7H9NO2/c1-8-4-6-2-3-7(5-9)10-6/h2-4,9H,5H2,1H3. The summed E-state index contributed by atoms with van der Waals surface area (Å²) >= 11 is 0. The van der Waals surface area contributed by atoms with E-state index in [-0.39, 0.29) is 6.61 Å². The van der Waals surface area contributed by atoms with Gasteiger partial charge in [-0.3, -0.25) is 4.99 Å². The molecule has 0 aliphatic rings. The summed E-state index contributed by atoms with van der Waals surface area (Å²) in [5.41, 5.74) is 0. The van der Waals surface area contributed by atoms with Gasteiger partial charge in [-0.15, -0.1) is 0 Å². The van der Waals surface area contributed by atoms with Crippen molar-refractivity contribution in [2.45, 2.75) is 6.61 Å². The molecule has 1 heterocycles. The van der Waals surface area contributed by atoms with Crippen molar-refractivity contribution in [3.8, 4) is 0 Å². The van der Waals surface area contributed by atoms with Crippen LogP contribution >= 0.6 is 0 Å². The number of rotatable bonds is 2. The summed E-state index contributed by atoms with van der Waals surface area (Å²) < 4.78 is 5.07. The fourth-order valence-electron chi connectivity index (χ4n) is 0.676. The molecule has 54 valence electrons. The minimum absolute atomic E-state index is 0.0580. The maximum absolute atomic E-state index is 8.58. The van der Waals surface area contributed by atoms with Gasteiger partial charge < -0.3 is 9.52 Å². The van der Waals surface area contributed by atoms with Gasteiger partial charge in [-0.05, 0) is 12.1 Å². The summed E-state index contributed by atoms with van der Waals surface area (Å²) in [4.78, 5) is 3.75. The third kappa shape index (κ3) is 1.45. The highest BCUT2D eigenvalue weighted by Gasteiger charge is 1.95. The predicted octanol–water partition coefficient (Wildman–Crippen LogP) is 0.821. The average Bonchev–Trinajstić information content (AvgIpc) is 2.37. The molecule has 0 bridgehead atoms. The quantitative estimate of drug-likeness (QED) is 0.616. The van der Waals surface area contributed by atoms with E-state index in [2.05, 4.69) is 4.99 Å². The van der Waals surface area contributed by atoms with Crippen LogP contribution in [0.25, 0.3) is 0 Å². The number of hydrogen-bond donors (Lipinski definition) is 1. The molecule has 0 spiro atoms. The van der Waals surface area contributed by atoms with Crippen LogP contribution in [-0.2, 0) is 6.61 Å². The number of furan rings is 1. The van der Waals surface area contributed by atoms with Crippen molar-refractivity contribution in [1.29, 1.82) is 0 Å². The highest BCUT2D eigenvalue weighted by molar-refractivity contribution is 5.75. The predicted molar refractivity (Wildman–Crippen MR) is 38.1 cm³/mol. The first-order chi connectivity index (χ1) is 4.86. The van der Waals surface area contributed by atoms with Crippen molar-refractivity contribution >= 4 is 6.21 Å². The summed E-state index contributed by atoms with van der Waals surface area (Å²) in [6, 6.07) is 3.48. The van der Waals surface area contributed by atoms with Crippen LogP contribution in [0.3, 0.4) is 0 Å². The zero-order chi connectivity index (χ0) is 7.40. The number of aliphatic imine (C=N–C) groups is 1. The van der Waals surface area contributed by atoms with Crippen molar-refractivity contribution in [3.63, 3.8) is 0 Å². The van der Waals surface area contributed by atoms with Gasteiger partial charge in [0, 0.05) is 7.05 Å². The second-order valence-electron chi connectivity index (χ2n) is 1.85. The lowest BCUT2D eigenvalue weighted by Crippen LogP contribution is -1.75. The molecular weight excluding hydrogens is 130 g/mol. The lowest BCUT2D eigenvalue weighted by atomic mass is 10.4. The molecule has 0 unspecified atom stereocenters. The molecule has 0 aliphatic carbocycles. The fraction of sp³-hybridized carbons (Fsp3) is 0.286. The van der Waals surface area contributed by atoms with Crippen LogP contribution in [0.4, 0.5) is 0 Å². The van der Waals surface area contributed by atoms with E-state index in [1.165, 1.54) is 0 Å². The molecule has 0 aliphatic heterocycles. The van der Waals surface area contributed by atoms with E-state index in [1.807, 2.05) is 0 Å². The van der Waals surface area contributed by atoms with Gasteiger partial charge in [0.05, 0.1) is 6.21 Å². The van der Waals surface area contributed by atoms with Gasteiger partial charge in [-0.25, -0.2) is 0 Å². The van der Waals surface area contributed by atoms with Crippen LogP contribution in [0.2, 0.25) is 0 Å². The zero-order valence-corrected chi connectivity index (χ0v) is 5.74. The van der Waals surface area contributed by atoms with Gasteiger partial charge in [0.15, 0.2) is 0 Å². The molecule has 1 N–H and O–H groups in total. The van der Waals surface area contributed by atoms with E-state index in [0.29, 0.717) is 11.5 Å². The van der Waals surface area contributed by atoms with Gasteiger partial charge in [-0.2, -0.15) is 0 Å². The summed E-state index contributed by atoms with van der Waals surface area (Å²) in [7, 11) is 1.67. The molecule has 0 saturated carbocycles. The average molecular weight is 139 g/mol. The minimum Gasteiger partial charge on any atom is -0.458 e.